The van der Waals surface area contributed by atoms with E-state index in [1.807, 2.05) is 30.3 Å². The van der Waals surface area contributed by atoms with Crippen LogP contribution in [0.5, 0.6) is 0 Å². The van der Waals surface area contributed by atoms with E-state index in [1.54, 1.807) is 11.8 Å². The van der Waals surface area contributed by atoms with Gasteiger partial charge in [-0.2, -0.15) is 0 Å². The summed E-state index contributed by atoms with van der Waals surface area (Å²) in [7, 11) is 0. The lowest BCUT2D eigenvalue weighted by Gasteiger charge is -2.30. The molecule has 1 fully saturated rings. The molecule has 1 aliphatic rings. The normalized spacial score (nSPS) is 16.2. The number of anilines is 1. The smallest absolute Gasteiger partial charge is 0.237 e. The van der Waals surface area contributed by atoms with Gasteiger partial charge in [0.25, 0.3) is 0 Å². The van der Waals surface area contributed by atoms with Crippen molar-refractivity contribution < 1.29 is 9.59 Å². The molecule has 2 aromatic rings. The van der Waals surface area contributed by atoms with Crippen LogP contribution in [0.2, 0.25) is 0 Å². The summed E-state index contributed by atoms with van der Waals surface area (Å²) in [5, 5.41) is 3.01. The highest BCUT2D eigenvalue weighted by Gasteiger charge is 2.24. The van der Waals surface area contributed by atoms with Gasteiger partial charge in [-0.3, -0.25) is 14.5 Å². The molecule has 0 aliphatic carbocycles. The zero-order chi connectivity index (χ0) is 22.2. The van der Waals surface area contributed by atoms with Crippen LogP contribution < -0.4 is 11.1 Å². The van der Waals surface area contributed by atoms with E-state index in [9.17, 15) is 9.59 Å². The lowest BCUT2D eigenvalue weighted by atomic mass is 9.96. The summed E-state index contributed by atoms with van der Waals surface area (Å²) in [6.07, 6.45) is 1.64. The van der Waals surface area contributed by atoms with Gasteiger partial charge in [-0.1, -0.05) is 56.3 Å². The average molecular weight is 440 g/mol. The van der Waals surface area contributed by atoms with Crippen LogP contribution in [0.15, 0.2) is 54.6 Å². The van der Waals surface area contributed by atoms with Crippen LogP contribution in [0.1, 0.15) is 37.8 Å². The molecular formula is C25H33N3O2S. The Bertz CT molecular complexity index is 864. The molecular weight excluding hydrogens is 406 g/mol. The minimum atomic E-state index is -0.186. The number of amides is 2. The van der Waals surface area contributed by atoms with Crippen molar-refractivity contribution in [2.24, 2.45) is 17.6 Å². The third-order valence-corrected chi connectivity index (χ3v) is 7.34. The van der Waals surface area contributed by atoms with Gasteiger partial charge < -0.3 is 11.1 Å². The maximum atomic E-state index is 13.0. The Morgan fingerprint density at radius 3 is 2.39 bits per heavy atom. The summed E-state index contributed by atoms with van der Waals surface area (Å²) in [5.74, 6) is 0.925. The number of piperidine rings is 1. The SMILES string of the molecule is CC(C)C(SCc1ccccc1)C(=O)Nc1cccc(CN2CCC(C(N)=O)CC2)c1. The summed E-state index contributed by atoms with van der Waals surface area (Å²) in [6, 6.07) is 18.3. The van der Waals surface area contributed by atoms with Crippen LogP contribution in [-0.4, -0.2) is 35.1 Å². The summed E-state index contributed by atoms with van der Waals surface area (Å²) >= 11 is 1.69. The van der Waals surface area contributed by atoms with Crippen LogP contribution in [0.25, 0.3) is 0 Å². The number of hydrogen-bond acceptors (Lipinski definition) is 4. The molecule has 0 radical (unpaired) electrons. The Morgan fingerprint density at radius 1 is 1.06 bits per heavy atom. The van der Waals surface area contributed by atoms with E-state index < -0.39 is 0 Å². The van der Waals surface area contributed by atoms with Crippen molar-refractivity contribution in [2.45, 2.75) is 44.2 Å². The Balaban J connectivity index is 1.56. The molecule has 1 unspecified atom stereocenters. The highest BCUT2D eigenvalue weighted by molar-refractivity contribution is 7.99. The maximum absolute atomic E-state index is 13.0. The van der Waals surface area contributed by atoms with Crippen molar-refractivity contribution >= 4 is 29.3 Å². The van der Waals surface area contributed by atoms with E-state index in [2.05, 4.69) is 48.3 Å². The fourth-order valence-electron chi connectivity index (χ4n) is 3.93. The van der Waals surface area contributed by atoms with Gasteiger partial charge in [0, 0.05) is 23.9 Å². The van der Waals surface area contributed by atoms with Gasteiger partial charge >= 0.3 is 0 Å². The minimum Gasteiger partial charge on any atom is -0.369 e. The van der Waals surface area contributed by atoms with E-state index >= 15 is 0 Å². The minimum absolute atomic E-state index is 0.00299. The van der Waals surface area contributed by atoms with E-state index in [-0.39, 0.29) is 28.9 Å². The second-order valence-corrected chi connectivity index (χ2v) is 9.73. The van der Waals surface area contributed by atoms with E-state index in [0.717, 1.165) is 49.5 Å². The number of thioether (sulfide) groups is 1. The molecule has 2 amide bonds. The largest absolute Gasteiger partial charge is 0.369 e. The second-order valence-electron chi connectivity index (χ2n) is 8.60. The Labute approximate surface area is 189 Å². The fraction of sp³-hybridized carbons (Fsp3) is 0.440. The number of nitrogens with zero attached hydrogens (tertiary/aromatic N) is 1. The second kappa shape index (κ2) is 11.3. The Kier molecular flexibility index (Phi) is 8.55. The average Bonchev–Trinajstić information content (AvgIpc) is 2.75. The molecule has 0 saturated carbocycles. The van der Waals surface area contributed by atoms with Crippen LogP contribution in [0.4, 0.5) is 5.69 Å². The highest BCUT2D eigenvalue weighted by atomic mass is 32.2. The molecule has 2 aromatic carbocycles. The summed E-state index contributed by atoms with van der Waals surface area (Å²) in [5.41, 5.74) is 8.66. The first-order valence-electron chi connectivity index (χ1n) is 11.0. The molecule has 3 rings (SSSR count). The van der Waals surface area contributed by atoms with Gasteiger partial charge in [0.1, 0.15) is 0 Å². The van der Waals surface area contributed by atoms with Gasteiger partial charge in [-0.25, -0.2) is 0 Å². The standard InChI is InChI=1S/C25H33N3O2S/c1-18(2)23(31-17-19-7-4-3-5-8-19)25(30)27-22-10-6-9-20(15-22)16-28-13-11-21(12-14-28)24(26)29/h3-10,15,18,21,23H,11-14,16-17H2,1-2H3,(H2,26,29)(H,27,30). The number of benzene rings is 2. The number of carbonyl (C=O) groups excluding carboxylic acids is 2. The zero-order valence-corrected chi connectivity index (χ0v) is 19.2. The molecule has 5 nitrogen and oxygen atoms in total. The van der Waals surface area contributed by atoms with Gasteiger partial charge in [0.2, 0.25) is 11.8 Å². The molecule has 0 bridgehead atoms. The van der Waals surface area contributed by atoms with Crippen molar-refractivity contribution in [2.75, 3.05) is 18.4 Å². The first-order chi connectivity index (χ1) is 14.9. The first kappa shape index (κ1) is 23.4. The molecule has 1 atom stereocenters. The molecule has 0 aromatic heterocycles. The Morgan fingerprint density at radius 2 is 1.74 bits per heavy atom. The first-order valence-corrected chi connectivity index (χ1v) is 12.0. The predicted octanol–water partition coefficient (Wildman–Crippen LogP) is 4.28. The van der Waals surface area contributed by atoms with E-state index in [1.165, 1.54) is 5.56 Å². The summed E-state index contributed by atoms with van der Waals surface area (Å²) in [4.78, 5) is 26.7. The molecule has 0 spiro atoms. The number of likely N-dealkylation sites (tertiary alicyclic amines) is 1. The van der Waals surface area contributed by atoms with Crippen LogP contribution in [0, 0.1) is 11.8 Å². The van der Waals surface area contributed by atoms with Crippen molar-refractivity contribution in [1.29, 1.82) is 0 Å². The number of primary amides is 1. The van der Waals surface area contributed by atoms with Crippen LogP contribution >= 0.6 is 11.8 Å². The third kappa shape index (κ3) is 7.11. The van der Waals surface area contributed by atoms with Crippen molar-refractivity contribution in [1.82, 2.24) is 4.90 Å². The maximum Gasteiger partial charge on any atom is 0.237 e. The molecule has 166 valence electrons. The van der Waals surface area contributed by atoms with E-state index in [0.29, 0.717) is 0 Å². The number of rotatable bonds is 9. The number of carbonyl (C=O) groups is 2. The van der Waals surface area contributed by atoms with E-state index in [4.69, 9.17) is 5.73 Å². The number of nitrogens with one attached hydrogen (secondary N) is 1. The van der Waals surface area contributed by atoms with Crippen molar-refractivity contribution in [3.05, 3.63) is 65.7 Å². The molecule has 3 N–H and O–H groups in total. The van der Waals surface area contributed by atoms with Crippen LogP contribution in [-0.2, 0) is 21.9 Å². The molecule has 6 heteroatoms. The molecule has 1 saturated heterocycles. The fourth-order valence-corrected chi connectivity index (χ4v) is 5.09. The predicted molar refractivity (Wildman–Crippen MR) is 129 cm³/mol. The van der Waals surface area contributed by atoms with Gasteiger partial charge in [0.05, 0.1) is 5.25 Å². The molecule has 1 heterocycles. The van der Waals surface area contributed by atoms with Gasteiger partial charge in [0.15, 0.2) is 0 Å². The number of hydrogen-bond donors (Lipinski definition) is 2. The topological polar surface area (TPSA) is 75.4 Å². The third-order valence-electron chi connectivity index (χ3n) is 5.73. The van der Waals surface area contributed by atoms with Crippen molar-refractivity contribution in [3.8, 4) is 0 Å². The zero-order valence-electron chi connectivity index (χ0n) is 18.4. The quantitative estimate of drug-likeness (QED) is 0.611. The lowest BCUT2D eigenvalue weighted by molar-refractivity contribution is -0.123. The molecule has 31 heavy (non-hydrogen) atoms. The van der Waals surface area contributed by atoms with Gasteiger partial charge in [-0.05, 0) is 55.1 Å². The summed E-state index contributed by atoms with van der Waals surface area (Å²) < 4.78 is 0. The van der Waals surface area contributed by atoms with Crippen molar-refractivity contribution in [3.63, 3.8) is 0 Å². The highest BCUT2D eigenvalue weighted by Crippen LogP contribution is 2.26. The molecule has 1 aliphatic heterocycles. The lowest BCUT2D eigenvalue weighted by Crippen LogP contribution is -2.38. The Hall–Kier alpha value is -2.31. The number of nitrogens with two attached hydrogens (primary N) is 1. The summed E-state index contributed by atoms with van der Waals surface area (Å²) in [6.45, 7) is 6.74. The van der Waals surface area contributed by atoms with Gasteiger partial charge in [-0.15, -0.1) is 11.8 Å². The monoisotopic (exact) mass is 439 g/mol. The van der Waals surface area contributed by atoms with Crippen LogP contribution in [0.3, 0.4) is 0 Å².